The zero-order valence-corrected chi connectivity index (χ0v) is 10.1. The Balaban J connectivity index is 2.04. The van der Waals surface area contributed by atoms with Crippen molar-refractivity contribution in [1.82, 2.24) is 9.97 Å². The first kappa shape index (κ1) is 11.3. The number of para-hydroxylation sites is 1. The van der Waals surface area contributed by atoms with E-state index in [1.54, 1.807) is 24.3 Å². The summed E-state index contributed by atoms with van der Waals surface area (Å²) in [5, 5.41) is 3.60. The molecule has 0 aliphatic heterocycles. The molecule has 3 aromatic rings. The van der Waals surface area contributed by atoms with Crippen molar-refractivity contribution in [3.05, 3.63) is 58.9 Å². The Morgan fingerprint density at radius 2 is 1.95 bits per heavy atom. The van der Waals surface area contributed by atoms with Crippen LogP contribution in [0.25, 0.3) is 10.9 Å². The van der Waals surface area contributed by atoms with Crippen molar-refractivity contribution >= 4 is 28.2 Å². The van der Waals surface area contributed by atoms with Gasteiger partial charge in [-0.3, -0.25) is 9.78 Å². The highest BCUT2D eigenvalue weighted by molar-refractivity contribution is 5.78. The lowest BCUT2D eigenvalue weighted by Crippen LogP contribution is -2.11. The lowest BCUT2D eigenvalue weighted by atomic mass is 10.2. The van der Waals surface area contributed by atoms with Crippen LogP contribution in [-0.4, -0.2) is 9.97 Å². The number of aromatic amines is 1. The maximum absolute atomic E-state index is 11.9. The lowest BCUT2D eigenvalue weighted by Gasteiger charge is -2.06. The molecule has 0 radical (unpaired) electrons. The van der Waals surface area contributed by atoms with E-state index in [-0.39, 0.29) is 5.56 Å². The van der Waals surface area contributed by atoms with E-state index in [2.05, 4.69) is 15.3 Å². The average molecular weight is 252 g/mol. The summed E-state index contributed by atoms with van der Waals surface area (Å²) in [4.78, 5) is 18.9. The van der Waals surface area contributed by atoms with E-state index in [9.17, 15) is 4.79 Å². The van der Waals surface area contributed by atoms with Crippen LogP contribution in [0.15, 0.2) is 53.3 Å². The first-order valence-corrected chi connectivity index (χ1v) is 5.84. The van der Waals surface area contributed by atoms with Gasteiger partial charge in [0.25, 0.3) is 5.56 Å². The maximum atomic E-state index is 11.9. The molecule has 0 fully saturated rings. The van der Waals surface area contributed by atoms with Gasteiger partial charge in [-0.05, 0) is 30.3 Å². The summed E-state index contributed by atoms with van der Waals surface area (Å²) < 4.78 is 0. The van der Waals surface area contributed by atoms with Crippen molar-refractivity contribution in [3.8, 4) is 0 Å². The molecule has 5 heteroatoms. The van der Waals surface area contributed by atoms with Crippen LogP contribution in [0, 0.1) is 0 Å². The van der Waals surface area contributed by atoms with Gasteiger partial charge in [-0.1, -0.05) is 18.2 Å². The third kappa shape index (κ3) is 2.26. The number of benzene rings is 2. The van der Waals surface area contributed by atoms with Crippen molar-refractivity contribution in [1.29, 1.82) is 0 Å². The number of aromatic nitrogens is 2. The standard InChI is InChI=1S/C14H12N4O/c15-9-4-3-5-10(8-9)16-14-17-12-7-2-1-6-11(12)13(19)18-14/h1-8H,15H2,(H2,16,17,18,19). The van der Waals surface area contributed by atoms with E-state index in [1.165, 1.54) is 0 Å². The number of H-pyrrole nitrogens is 1. The molecule has 0 aliphatic rings. The number of rotatable bonds is 2. The first-order valence-electron chi connectivity index (χ1n) is 5.84. The van der Waals surface area contributed by atoms with Crippen molar-refractivity contribution in [2.45, 2.75) is 0 Å². The van der Waals surface area contributed by atoms with Crippen LogP contribution in [0.1, 0.15) is 0 Å². The summed E-state index contributed by atoms with van der Waals surface area (Å²) in [5.74, 6) is 0.398. The maximum Gasteiger partial charge on any atom is 0.260 e. The number of hydrogen-bond acceptors (Lipinski definition) is 4. The Labute approximate surface area is 109 Å². The first-order chi connectivity index (χ1) is 9.22. The van der Waals surface area contributed by atoms with Crippen LogP contribution in [0.3, 0.4) is 0 Å². The van der Waals surface area contributed by atoms with E-state index in [0.29, 0.717) is 22.5 Å². The fourth-order valence-electron chi connectivity index (χ4n) is 1.90. The molecule has 2 aromatic carbocycles. The van der Waals surface area contributed by atoms with Gasteiger partial charge in [0.15, 0.2) is 0 Å². The summed E-state index contributed by atoms with van der Waals surface area (Å²) in [7, 11) is 0. The predicted molar refractivity (Wildman–Crippen MR) is 76.5 cm³/mol. The molecule has 3 rings (SSSR count). The van der Waals surface area contributed by atoms with Gasteiger partial charge in [0, 0.05) is 11.4 Å². The number of hydrogen-bond donors (Lipinski definition) is 3. The van der Waals surface area contributed by atoms with Crippen LogP contribution >= 0.6 is 0 Å². The summed E-state index contributed by atoms with van der Waals surface area (Å²) in [5.41, 5.74) is 7.60. The molecule has 19 heavy (non-hydrogen) atoms. The van der Waals surface area contributed by atoms with E-state index in [4.69, 9.17) is 5.73 Å². The van der Waals surface area contributed by atoms with Gasteiger partial charge in [0.05, 0.1) is 10.9 Å². The minimum Gasteiger partial charge on any atom is -0.399 e. The molecule has 0 atom stereocenters. The monoisotopic (exact) mass is 252 g/mol. The van der Waals surface area contributed by atoms with Crippen LogP contribution in [-0.2, 0) is 0 Å². The Kier molecular flexibility index (Phi) is 2.64. The number of nitrogens with two attached hydrogens (primary N) is 1. The Morgan fingerprint density at radius 3 is 2.79 bits per heavy atom. The van der Waals surface area contributed by atoms with Gasteiger partial charge in [0.2, 0.25) is 5.95 Å². The number of nitrogen functional groups attached to an aromatic ring is 1. The summed E-state index contributed by atoms with van der Waals surface area (Å²) in [6, 6.07) is 14.4. The molecule has 0 saturated carbocycles. The molecule has 94 valence electrons. The molecule has 0 aliphatic carbocycles. The van der Waals surface area contributed by atoms with Gasteiger partial charge in [0.1, 0.15) is 0 Å². The highest BCUT2D eigenvalue weighted by atomic mass is 16.1. The van der Waals surface area contributed by atoms with Crippen LogP contribution in [0.2, 0.25) is 0 Å². The molecule has 1 aromatic heterocycles. The Hall–Kier alpha value is -2.82. The molecule has 0 amide bonds. The largest absolute Gasteiger partial charge is 0.399 e. The topological polar surface area (TPSA) is 83.8 Å². The molecule has 0 spiro atoms. The average Bonchev–Trinajstić information content (AvgIpc) is 2.39. The van der Waals surface area contributed by atoms with Crippen LogP contribution in [0.5, 0.6) is 0 Å². The molecule has 1 heterocycles. The Bertz CT molecular complexity index is 795. The van der Waals surface area contributed by atoms with Gasteiger partial charge in [-0.25, -0.2) is 4.98 Å². The number of nitrogens with one attached hydrogen (secondary N) is 2. The summed E-state index contributed by atoms with van der Waals surface area (Å²) >= 11 is 0. The normalized spacial score (nSPS) is 10.5. The van der Waals surface area contributed by atoms with Crippen molar-refractivity contribution in [2.24, 2.45) is 0 Å². The second kappa shape index (κ2) is 4.45. The second-order valence-corrected chi connectivity index (χ2v) is 4.18. The van der Waals surface area contributed by atoms with Gasteiger partial charge < -0.3 is 11.1 Å². The molecule has 0 unspecified atom stereocenters. The zero-order chi connectivity index (χ0) is 13.2. The van der Waals surface area contributed by atoms with Gasteiger partial charge >= 0.3 is 0 Å². The molecule has 5 nitrogen and oxygen atoms in total. The third-order valence-corrected chi connectivity index (χ3v) is 2.76. The molecular weight excluding hydrogens is 240 g/mol. The predicted octanol–water partition coefficient (Wildman–Crippen LogP) is 2.25. The van der Waals surface area contributed by atoms with E-state index in [0.717, 1.165) is 5.69 Å². The Morgan fingerprint density at radius 1 is 1.11 bits per heavy atom. The fourth-order valence-corrected chi connectivity index (χ4v) is 1.90. The molecular formula is C14H12N4O. The fraction of sp³-hybridized carbons (Fsp3) is 0. The van der Waals surface area contributed by atoms with Gasteiger partial charge in [-0.2, -0.15) is 0 Å². The van der Waals surface area contributed by atoms with E-state index >= 15 is 0 Å². The number of fused-ring (bicyclic) bond motifs is 1. The summed E-state index contributed by atoms with van der Waals surface area (Å²) in [6.45, 7) is 0. The minimum absolute atomic E-state index is 0.169. The quantitative estimate of drug-likeness (QED) is 0.611. The van der Waals surface area contributed by atoms with Crippen molar-refractivity contribution < 1.29 is 0 Å². The second-order valence-electron chi connectivity index (χ2n) is 4.18. The smallest absolute Gasteiger partial charge is 0.260 e. The minimum atomic E-state index is -0.169. The van der Waals surface area contributed by atoms with Crippen LogP contribution < -0.4 is 16.6 Å². The van der Waals surface area contributed by atoms with E-state index < -0.39 is 0 Å². The van der Waals surface area contributed by atoms with Crippen LogP contribution in [0.4, 0.5) is 17.3 Å². The molecule has 0 saturated heterocycles. The molecule has 4 N–H and O–H groups in total. The summed E-state index contributed by atoms with van der Waals surface area (Å²) in [6.07, 6.45) is 0. The van der Waals surface area contributed by atoms with Gasteiger partial charge in [-0.15, -0.1) is 0 Å². The van der Waals surface area contributed by atoms with E-state index in [1.807, 2.05) is 24.3 Å². The molecule has 0 bridgehead atoms. The zero-order valence-electron chi connectivity index (χ0n) is 10.1. The van der Waals surface area contributed by atoms with Crippen molar-refractivity contribution in [2.75, 3.05) is 11.1 Å². The SMILES string of the molecule is Nc1cccc(Nc2nc3ccccc3c(=O)[nH]2)c1. The number of anilines is 3. The van der Waals surface area contributed by atoms with Crippen molar-refractivity contribution in [3.63, 3.8) is 0 Å². The highest BCUT2D eigenvalue weighted by Gasteiger charge is 2.03. The highest BCUT2D eigenvalue weighted by Crippen LogP contribution is 2.16. The number of nitrogens with zero attached hydrogens (tertiary/aromatic N) is 1. The lowest BCUT2D eigenvalue weighted by molar-refractivity contribution is 1.17. The third-order valence-electron chi connectivity index (χ3n) is 2.76.